The molecule has 6 nitrogen and oxygen atoms in total. The van der Waals surface area contributed by atoms with Gasteiger partial charge in [0.15, 0.2) is 0 Å². The highest BCUT2D eigenvalue weighted by Crippen LogP contribution is 2.28. The molecule has 0 radical (unpaired) electrons. The fourth-order valence-corrected chi connectivity index (χ4v) is 3.97. The van der Waals surface area contributed by atoms with Gasteiger partial charge in [-0.25, -0.2) is 4.98 Å². The van der Waals surface area contributed by atoms with Gasteiger partial charge in [-0.3, -0.25) is 9.59 Å². The number of fused-ring (bicyclic) bond motifs is 1. The highest BCUT2D eigenvalue weighted by molar-refractivity contribution is 9.10. The normalized spacial score (nSPS) is 16.6. The molecule has 2 aromatic carbocycles. The van der Waals surface area contributed by atoms with E-state index in [9.17, 15) is 9.59 Å². The monoisotopic (exact) mass is 454 g/mol. The number of imidazole rings is 1. The minimum atomic E-state index is -0.305. The van der Waals surface area contributed by atoms with Gasteiger partial charge in [0.1, 0.15) is 0 Å². The second kappa shape index (κ2) is 8.37. The number of rotatable bonds is 6. The van der Waals surface area contributed by atoms with Crippen molar-refractivity contribution in [3.8, 4) is 0 Å². The number of benzene rings is 2. The molecule has 150 valence electrons. The number of carbonyl (C=O) groups is 2. The maximum atomic E-state index is 12.5. The minimum Gasteiger partial charge on any atom is -0.356 e. The van der Waals surface area contributed by atoms with Crippen molar-refractivity contribution in [3.63, 3.8) is 0 Å². The Morgan fingerprint density at radius 1 is 1.28 bits per heavy atom. The molecular weight excluding hydrogens is 432 g/mol. The van der Waals surface area contributed by atoms with Crippen molar-refractivity contribution in [2.75, 3.05) is 18.0 Å². The van der Waals surface area contributed by atoms with Gasteiger partial charge in [0.05, 0.1) is 23.3 Å². The van der Waals surface area contributed by atoms with E-state index in [-0.39, 0.29) is 24.2 Å². The average molecular weight is 455 g/mol. The van der Waals surface area contributed by atoms with E-state index in [1.165, 1.54) is 0 Å². The molecule has 1 atom stereocenters. The zero-order chi connectivity index (χ0) is 20.4. The van der Waals surface area contributed by atoms with Crippen LogP contribution in [0.15, 0.2) is 53.3 Å². The zero-order valence-corrected chi connectivity index (χ0v) is 17.9. The Balaban J connectivity index is 1.29. The number of nitrogens with zero attached hydrogens (tertiary/aromatic N) is 3. The lowest BCUT2D eigenvalue weighted by atomic mass is 10.1. The zero-order valence-electron chi connectivity index (χ0n) is 16.3. The highest BCUT2D eigenvalue weighted by atomic mass is 79.9. The van der Waals surface area contributed by atoms with Gasteiger partial charge < -0.3 is 14.8 Å². The summed E-state index contributed by atoms with van der Waals surface area (Å²) in [5.41, 5.74) is 3.98. The maximum absolute atomic E-state index is 12.5. The number of para-hydroxylation sites is 2. The van der Waals surface area contributed by atoms with Crippen LogP contribution in [0.5, 0.6) is 0 Å². The third-order valence-corrected chi connectivity index (χ3v) is 6.24. The van der Waals surface area contributed by atoms with E-state index in [4.69, 9.17) is 0 Å². The van der Waals surface area contributed by atoms with E-state index in [0.717, 1.165) is 39.7 Å². The van der Waals surface area contributed by atoms with Gasteiger partial charge in [-0.05, 0) is 49.2 Å². The van der Waals surface area contributed by atoms with Crippen LogP contribution in [0.1, 0.15) is 18.4 Å². The Hall–Kier alpha value is -2.67. The van der Waals surface area contributed by atoms with Gasteiger partial charge in [-0.1, -0.05) is 28.1 Å². The largest absolute Gasteiger partial charge is 0.356 e. The lowest BCUT2D eigenvalue weighted by Gasteiger charge is -2.17. The Morgan fingerprint density at radius 3 is 2.93 bits per heavy atom. The first-order valence-corrected chi connectivity index (χ1v) is 10.6. The van der Waals surface area contributed by atoms with Crippen molar-refractivity contribution in [3.05, 3.63) is 58.8 Å². The molecule has 29 heavy (non-hydrogen) atoms. The molecule has 1 fully saturated rings. The standard InChI is InChI=1S/C22H23BrN4O2/c1-15-11-17(7-8-18(15)23)27-13-16(12-21(27)28)22(29)24-9-4-10-26-14-25-19-5-2-3-6-20(19)26/h2-3,5-8,11,14,16H,4,9-10,12-13H2,1H3,(H,24,29). The van der Waals surface area contributed by atoms with Gasteiger partial charge in [0.2, 0.25) is 11.8 Å². The van der Waals surface area contributed by atoms with E-state index in [1.54, 1.807) is 4.90 Å². The molecule has 4 rings (SSSR count). The molecule has 2 amide bonds. The summed E-state index contributed by atoms with van der Waals surface area (Å²) in [5.74, 6) is -0.359. The summed E-state index contributed by atoms with van der Waals surface area (Å²) < 4.78 is 3.10. The van der Waals surface area contributed by atoms with Crippen molar-refractivity contribution in [2.45, 2.75) is 26.3 Å². The molecule has 1 aliphatic rings. The van der Waals surface area contributed by atoms with Crippen molar-refractivity contribution in [2.24, 2.45) is 5.92 Å². The molecule has 0 saturated carbocycles. The molecule has 3 aromatic rings. The van der Waals surface area contributed by atoms with Crippen LogP contribution in [0, 0.1) is 12.8 Å². The van der Waals surface area contributed by atoms with Gasteiger partial charge >= 0.3 is 0 Å². The number of carbonyl (C=O) groups excluding carboxylic acids is 2. The van der Waals surface area contributed by atoms with Crippen molar-refractivity contribution in [1.82, 2.24) is 14.9 Å². The Labute approximate surface area is 178 Å². The lowest BCUT2D eigenvalue weighted by molar-refractivity contribution is -0.126. The number of amides is 2. The number of hydrogen-bond acceptors (Lipinski definition) is 3. The maximum Gasteiger partial charge on any atom is 0.227 e. The summed E-state index contributed by atoms with van der Waals surface area (Å²) in [6, 6.07) is 13.8. The molecule has 1 aromatic heterocycles. The first-order valence-electron chi connectivity index (χ1n) is 9.77. The number of aryl methyl sites for hydroxylation is 2. The molecule has 1 unspecified atom stereocenters. The van der Waals surface area contributed by atoms with Crippen molar-refractivity contribution >= 4 is 44.5 Å². The number of hydrogen-bond donors (Lipinski definition) is 1. The average Bonchev–Trinajstić information content (AvgIpc) is 3.31. The summed E-state index contributed by atoms with van der Waals surface area (Å²) >= 11 is 3.48. The first-order chi connectivity index (χ1) is 14.0. The van der Waals surface area contributed by atoms with E-state index >= 15 is 0 Å². The van der Waals surface area contributed by atoms with Crippen LogP contribution in [0.4, 0.5) is 5.69 Å². The summed E-state index contributed by atoms with van der Waals surface area (Å²) in [6.45, 7) is 3.78. The fourth-order valence-electron chi connectivity index (χ4n) is 3.72. The third-order valence-electron chi connectivity index (χ3n) is 5.35. The van der Waals surface area contributed by atoms with E-state index < -0.39 is 0 Å². The Bertz CT molecular complexity index is 1060. The third kappa shape index (κ3) is 4.19. The van der Waals surface area contributed by atoms with Crippen LogP contribution >= 0.6 is 15.9 Å². The number of aromatic nitrogens is 2. The molecule has 0 aliphatic carbocycles. The van der Waals surface area contributed by atoms with Gasteiger partial charge in [0, 0.05) is 36.2 Å². The smallest absolute Gasteiger partial charge is 0.227 e. The van der Waals surface area contributed by atoms with Gasteiger partial charge in [-0.2, -0.15) is 0 Å². The molecule has 0 bridgehead atoms. The Morgan fingerprint density at radius 2 is 2.10 bits per heavy atom. The summed E-state index contributed by atoms with van der Waals surface area (Å²) in [4.78, 5) is 31.1. The van der Waals surface area contributed by atoms with Crippen LogP contribution in [-0.4, -0.2) is 34.5 Å². The molecule has 1 aliphatic heterocycles. The van der Waals surface area contributed by atoms with E-state index in [1.807, 2.05) is 55.7 Å². The van der Waals surface area contributed by atoms with Gasteiger partial charge in [-0.15, -0.1) is 0 Å². The SMILES string of the molecule is Cc1cc(N2CC(C(=O)NCCCn3cnc4ccccc43)CC2=O)ccc1Br. The topological polar surface area (TPSA) is 67.2 Å². The second-order valence-corrected chi connectivity index (χ2v) is 8.26. The summed E-state index contributed by atoms with van der Waals surface area (Å²) in [5, 5.41) is 2.99. The molecule has 2 heterocycles. The van der Waals surface area contributed by atoms with Crippen LogP contribution in [-0.2, 0) is 16.1 Å². The first kappa shape index (κ1) is 19.6. The molecule has 1 saturated heterocycles. The molecule has 0 spiro atoms. The van der Waals surface area contributed by atoms with Crippen molar-refractivity contribution in [1.29, 1.82) is 0 Å². The number of halogens is 1. The lowest BCUT2D eigenvalue weighted by Crippen LogP contribution is -2.33. The molecule has 7 heteroatoms. The fraction of sp³-hybridized carbons (Fsp3) is 0.318. The number of nitrogens with one attached hydrogen (secondary N) is 1. The summed E-state index contributed by atoms with van der Waals surface area (Å²) in [7, 11) is 0. The van der Waals surface area contributed by atoms with E-state index in [0.29, 0.717) is 13.1 Å². The van der Waals surface area contributed by atoms with Crippen LogP contribution in [0.25, 0.3) is 11.0 Å². The quantitative estimate of drug-likeness (QED) is 0.577. The highest BCUT2D eigenvalue weighted by Gasteiger charge is 2.35. The summed E-state index contributed by atoms with van der Waals surface area (Å²) in [6.07, 6.45) is 2.90. The second-order valence-electron chi connectivity index (χ2n) is 7.41. The van der Waals surface area contributed by atoms with Crippen LogP contribution in [0.2, 0.25) is 0 Å². The van der Waals surface area contributed by atoms with Crippen LogP contribution in [0.3, 0.4) is 0 Å². The predicted molar refractivity (Wildman–Crippen MR) is 117 cm³/mol. The minimum absolute atomic E-state index is 0.00300. The van der Waals surface area contributed by atoms with Crippen molar-refractivity contribution < 1.29 is 9.59 Å². The van der Waals surface area contributed by atoms with Gasteiger partial charge in [0.25, 0.3) is 0 Å². The van der Waals surface area contributed by atoms with E-state index in [2.05, 4.69) is 30.8 Å². The van der Waals surface area contributed by atoms with Crippen LogP contribution < -0.4 is 10.2 Å². The molecule has 1 N–H and O–H groups in total. The number of anilines is 1. The predicted octanol–water partition coefficient (Wildman–Crippen LogP) is 3.67. The Kier molecular flexibility index (Phi) is 5.67. The molecular formula is C22H23BrN4O2.